The predicted octanol–water partition coefficient (Wildman–Crippen LogP) is 4.33. The summed E-state index contributed by atoms with van der Waals surface area (Å²) in [5.74, 6) is 0.465. The number of imidazole rings is 1. The van der Waals surface area contributed by atoms with Gasteiger partial charge in [0, 0.05) is 18.2 Å². The first-order valence-electron chi connectivity index (χ1n) is 8.67. The van der Waals surface area contributed by atoms with Crippen molar-refractivity contribution in [2.45, 2.75) is 13.3 Å². The molecule has 3 N–H and O–H groups in total. The maximum absolute atomic E-state index is 9.26. The normalized spacial score (nSPS) is 11.1. The van der Waals surface area contributed by atoms with Crippen molar-refractivity contribution < 1.29 is 5.21 Å². The molecule has 2 aromatic carbocycles. The van der Waals surface area contributed by atoms with E-state index in [4.69, 9.17) is 5.73 Å². The van der Waals surface area contributed by atoms with Crippen molar-refractivity contribution in [2.75, 3.05) is 5.73 Å². The van der Waals surface area contributed by atoms with Crippen molar-refractivity contribution in [3.05, 3.63) is 102 Å². The number of nitrogen functional groups attached to an aromatic ring is 1. The highest BCUT2D eigenvalue weighted by Gasteiger charge is 2.08. The van der Waals surface area contributed by atoms with Crippen LogP contribution in [0.5, 0.6) is 0 Å². The molecule has 5 heteroatoms. The van der Waals surface area contributed by atoms with Crippen molar-refractivity contribution in [1.29, 1.82) is 0 Å². The summed E-state index contributed by atoms with van der Waals surface area (Å²) in [6.07, 6.45) is 4.15. The number of nitrogens with two attached hydrogens (primary N) is 1. The molecule has 2 aromatic heterocycles. The number of hydrogen-bond acceptors (Lipinski definition) is 4. The maximum Gasteiger partial charge on any atom is 0.142 e. The lowest BCUT2D eigenvalue weighted by Crippen LogP contribution is -2.06. The van der Waals surface area contributed by atoms with Crippen LogP contribution in [-0.2, 0) is 6.42 Å². The largest absolute Gasteiger partial charge is 0.411 e. The van der Waals surface area contributed by atoms with Gasteiger partial charge in [-0.1, -0.05) is 71.4 Å². The monoisotopic (exact) mass is 358 g/mol. The summed E-state index contributed by atoms with van der Waals surface area (Å²) >= 11 is 0. The van der Waals surface area contributed by atoms with Crippen molar-refractivity contribution in [3.8, 4) is 0 Å². The molecule has 0 atom stereocenters. The highest BCUT2D eigenvalue weighted by atomic mass is 16.4. The number of aryl methyl sites for hydroxylation is 1. The molecule has 0 amide bonds. The number of oxime groups is 1. The Morgan fingerprint density at radius 3 is 2.22 bits per heavy atom. The van der Waals surface area contributed by atoms with Crippen LogP contribution in [0.15, 0.2) is 90.3 Å². The van der Waals surface area contributed by atoms with Gasteiger partial charge in [-0.15, -0.1) is 0 Å². The molecule has 0 fully saturated rings. The first-order valence-corrected chi connectivity index (χ1v) is 8.67. The first-order chi connectivity index (χ1) is 13.2. The van der Waals surface area contributed by atoms with Gasteiger partial charge < -0.3 is 15.3 Å². The van der Waals surface area contributed by atoms with Crippen molar-refractivity contribution >= 4 is 17.2 Å². The number of rotatable bonds is 3. The van der Waals surface area contributed by atoms with Gasteiger partial charge in [0.2, 0.25) is 0 Å². The SMILES string of the molecule is Cc1ccccc1.Nc1cn2cc(/C(Cc3ccccc3)=N/O)ccc2n1. The highest BCUT2D eigenvalue weighted by molar-refractivity contribution is 6.01. The molecule has 136 valence electrons. The Balaban J connectivity index is 0.000000253. The molecule has 27 heavy (non-hydrogen) atoms. The fourth-order valence-electron chi connectivity index (χ4n) is 2.70. The molecule has 0 spiro atoms. The number of aromatic nitrogens is 2. The Morgan fingerprint density at radius 1 is 0.963 bits per heavy atom. The zero-order chi connectivity index (χ0) is 19.1. The second-order valence-corrected chi connectivity index (χ2v) is 6.21. The third kappa shape index (κ3) is 4.95. The van der Waals surface area contributed by atoms with E-state index >= 15 is 0 Å². The summed E-state index contributed by atoms with van der Waals surface area (Å²) in [6, 6.07) is 23.9. The highest BCUT2D eigenvalue weighted by Crippen LogP contribution is 2.12. The van der Waals surface area contributed by atoms with Gasteiger partial charge in [-0.3, -0.25) is 0 Å². The van der Waals surface area contributed by atoms with Crippen LogP contribution in [0.4, 0.5) is 5.82 Å². The lowest BCUT2D eigenvalue weighted by Gasteiger charge is -2.05. The Kier molecular flexibility index (Phi) is 5.84. The maximum atomic E-state index is 9.26. The Bertz CT molecular complexity index is 1020. The lowest BCUT2D eigenvalue weighted by molar-refractivity contribution is 0.318. The average Bonchev–Trinajstić information content (AvgIpc) is 3.07. The van der Waals surface area contributed by atoms with Crippen molar-refractivity contribution in [3.63, 3.8) is 0 Å². The van der Waals surface area contributed by atoms with Gasteiger partial charge in [-0.25, -0.2) is 4.98 Å². The van der Waals surface area contributed by atoms with E-state index in [1.54, 1.807) is 6.20 Å². The number of fused-ring (bicyclic) bond motifs is 1. The molecule has 0 aliphatic rings. The first kappa shape index (κ1) is 18.2. The Morgan fingerprint density at radius 2 is 1.63 bits per heavy atom. The molecule has 4 rings (SSSR count). The molecule has 0 aliphatic heterocycles. The molecule has 0 unspecified atom stereocenters. The van der Waals surface area contributed by atoms with Crippen LogP contribution in [-0.4, -0.2) is 20.3 Å². The Labute approximate surface area is 158 Å². The van der Waals surface area contributed by atoms with Crippen molar-refractivity contribution in [1.82, 2.24) is 9.38 Å². The number of pyridine rings is 1. The van der Waals surface area contributed by atoms with E-state index in [0.717, 1.165) is 16.8 Å². The second kappa shape index (κ2) is 8.67. The third-order valence-electron chi connectivity index (χ3n) is 4.08. The average molecular weight is 358 g/mol. The number of nitrogens with zero attached hydrogens (tertiary/aromatic N) is 3. The minimum absolute atomic E-state index is 0.465. The zero-order valence-electron chi connectivity index (χ0n) is 15.2. The standard InChI is InChI=1S/C15H14N4O.C7H8/c16-14-10-19-9-12(6-7-15(19)17-14)13(18-20)8-11-4-2-1-3-5-11;1-7-5-3-2-4-6-7/h1-7,9-10,20H,8,16H2;2-6H,1H3/b18-13+;. The fourth-order valence-corrected chi connectivity index (χ4v) is 2.70. The summed E-state index contributed by atoms with van der Waals surface area (Å²) in [6.45, 7) is 2.08. The van der Waals surface area contributed by atoms with Crippen LogP contribution in [0.25, 0.3) is 5.65 Å². The van der Waals surface area contributed by atoms with Gasteiger partial charge in [0.05, 0.1) is 11.9 Å². The van der Waals surface area contributed by atoms with Crippen LogP contribution in [0, 0.1) is 6.92 Å². The summed E-state index contributed by atoms with van der Waals surface area (Å²) in [5, 5.41) is 12.7. The summed E-state index contributed by atoms with van der Waals surface area (Å²) < 4.78 is 1.82. The third-order valence-corrected chi connectivity index (χ3v) is 4.08. The zero-order valence-corrected chi connectivity index (χ0v) is 15.2. The molecular weight excluding hydrogens is 336 g/mol. The molecule has 0 radical (unpaired) electrons. The topological polar surface area (TPSA) is 75.9 Å². The van der Waals surface area contributed by atoms with Crippen molar-refractivity contribution in [2.24, 2.45) is 5.16 Å². The van der Waals surface area contributed by atoms with E-state index in [0.29, 0.717) is 18.0 Å². The number of hydrogen-bond donors (Lipinski definition) is 2. The van der Waals surface area contributed by atoms with E-state index in [-0.39, 0.29) is 0 Å². The van der Waals surface area contributed by atoms with Gasteiger partial charge in [-0.2, -0.15) is 0 Å². The van der Waals surface area contributed by atoms with E-state index < -0.39 is 0 Å². The van der Waals surface area contributed by atoms with Crippen LogP contribution in [0.2, 0.25) is 0 Å². The smallest absolute Gasteiger partial charge is 0.142 e. The van der Waals surface area contributed by atoms with Crippen LogP contribution in [0.1, 0.15) is 16.7 Å². The van der Waals surface area contributed by atoms with Gasteiger partial charge >= 0.3 is 0 Å². The summed E-state index contributed by atoms with van der Waals surface area (Å²) in [4.78, 5) is 4.16. The summed E-state index contributed by atoms with van der Waals surface area (Å²) in [7, 11) is 0. The second-order valence-electron chi connectivity index (χ2n) is 6.21. The van der Waals surface area contributed by atoms with E-state index in [1.807, 2.05) is 71.3 Å². The molecule has 0 bridgehead atoms. The van der Waals surface area contributed by atoms with Crippen LogP contribution in [0.3, 0.4) is 0 Å². The molecular formula is C22H22N4O. The van der Waals surface area contributed by atoms with Gasteiger partial charge in [-0.05, 0) is 24.6 Å². The van der Waals surface area contributed by atoms with E-state index in [2.05, 4.69) is 29.2 Å². The van der Waals surface area contributed by atoms with Crippen LogP contribution >= 0.6 is 0 Å². The summed E-state index contributed by atoms with van der Waals surface area (Å²) in [5.41, 5.74) is 10.3. The molecule has 0 aliphatic carbocycles. The number of anilines is 1. The van der Waals surface area contributed by atoms with E-state index in [1.165, 1.54) is 5.56 Å². The lowest BCUT2D eigenvalue weighted by atomic mass is 10.0. The molecule has 0 saturated heterocycles. The quantitative estimate of drug-likeness (QED) is 0.325. The Hall–Kier alpha value is -3.60. The molecule has 4 aromatic rings. The minimum atomic E-state index is 0.465. The molecule has 2 heterocycles. The molecule has 5 nitrogen and oxygen atoms in total. The fraction of sp³-hybridized carbons (Fsp3) is 0.0909. The minimum Gasteiger partial charge on any atom is -0.411 e. The molecule has 0 saturated carbocycles. The van der Waals surface area contributed by atoms with Gasteiger partial charge in [0.1, 0.15) is 11.5 Å². The van der Waals surface area contributed by atoms with Crippen LogP contribution < -0.4 is 5.73 Å². The van der Waals surface area contributed by atoms with Gasteiger partial charge in [0.25, 0.3) is 0 Å². The van der Waals surface area contributed by atoms with Gasteiger partial charge in [0.15, 0.2) is 0 Å². The van der Waals surface area contributed by atoms with E-state index in [9.17, 15) is 5.21 Å². The predicted molar refractivity (Wildman–Crippen MR) is 109 cm³/mol. The number of benzene rings is 2.